The first-order chi connectivity index (χ1) is 14.5. The Balaban J connectivity index is 1.92. The number of benzene rings is 3. The van der Waals surface area contributed by atoms with Gasteiger partial charge in [0, 0.05) is 29.8 Å². The van der Waals surface area contributed by atoms with Crippen molar-refractivity contribution in [3.05, 3.63) is 111 Å². The number of hydrogen-bond acceptors (Lipinski definition) is 4. The van der Waals surface area contributed by atoms with E-state index < -0.39 is 9.85 Å². The van der Waals surface area contributed by atoms with E-state index in [1.807, 2.05) is 30.3 Å². The van der Waals surface area contributed by atoms with Crippen molar-refractivity contribution in [3.63, 3.8) is 0 Å². The molecule has 0 unspecified atom stereocenters. The Hall–Kier alpha value is -4.39. The van der Waals surface area contributed by atoms with Crippen LogP contribution < -0.4 is 0 Å². The van der Waals surface area contributed by atoms with Crippen molar-refractivity contribution >= 4 is 11.4 Å². The third kappa shape index (κ3) is 3.90. The molecule has 0 fully saturated rings. The van der Waals surface area contributed by atoms with Crippen molar-refractivity contribution < 1.29 is 14.3 Å². The fourth-order valence-electron chi connectivity index (χ4n) is 3.13. The summed E-state index contributed by atoms with van der Waals surface area (Å²) in [5.41, 5.74) is 2.72. The number of nitro groups is 2. The van der Waals surface area contributed by atoms with E-state index in [1.54, 1.807) is 36.4 Å². The average molecular weight is 399 g/mol. The molecule has 0 aliphatic carbocycles. The van der Waals surface area contributed by atoms with Crippen LogP contribution in [0.4, 0.5) is 11.4 Å². The minimum Gasteiger partial charge on any atom is -0.258 e. The van der Waals surface area contributed by atoms with Crippen molar-refractivity contribution in [2.24, 2.45) is 0 Å². The summed E-state index contributed by atoms with van der Waals surface area (Å²) in [7, 11) is 0. The van der Waals surface area contributed by atoms with E-state index in [2.05, 4.69) is 0 Å². The molecule has 0 saturated heterocycles. The summed E-state index contributed by atoms with van der Waals surface area (Å²) in [4.78, 5) is 21.4. The van der Waals surface area contributed by atoms with Gasteiger partial charge in [-0.3, -0.25) is 20.2 Å². The highest BCUT2D eigenvalue weighted by Crippen LogP contribution is 2.34. The van der Waals surface area contributed by atoms with Gasteiger partial charge in [-0.05, 0) is 17.7 Å². The van der Waals surface area contributed by atoms with Gasteiger partial charge in [-0.1, -0.05) is 42.5 Å². The van der Waals surface area contributed by atoms with Gasteiger partial charge >= 0.3 is 11.5 Å². The molecule has 0 aliphatic heterocycles. The van der Waals surface area contributed by atoms with E-state index >= 15 is 0 Å². The quantitative estimate of drug-likeness (QED) is 0.220. The third-order valence-electron chi connectivity index (χ3n) is 4.58. The highest BCUT2D eigenvalue weighted by molar-refractivity contribution is 5.75. The predicted octanol–water partition coefficient (Wildman–Crippen LogP) is 6.38. The molecule has 0 bridgehead atoms. The Morgan fingerprint density at radius 2 is 1.00 bits per heavy atom. The summed E-state index contributed by atoms with van der Waals surface area (Å²) in [6.07, 6.45) is 0. The molecule has 4 rings (SSSR count). The van der Waals surface area contributed by atoms with Gasteiger partial charge in [0.1, 0.15) is 0 Å². The van der Waals surface area contributed by atoms with Gasteiger partial charge in [0.15, 0.2) is 0 Å². The van der Waals surface area contributed by atoms with Crippen LogP contribution in [0.2, 0.25) is 0 Å². The number of non-ortho nitro benzene ring substituents is 2. The maximum atomic E-state index is 11.2. The van der Waals surface area contributed by atoms with Gasteiger partial charge in [0.05, 0.1) is 33.1 Å². The van der Waals surface area contributed by atoms with E-state index in [-0.39, 0.29) is 11.4 Å². The van der Waals surface area contributed by atoms with Crippen molar-refractivity contribution in [2.45, 2.75) is 0 Å². The van der Waals surface area contributed by atoms with E-state index in [4.69, 9.17) is 4.42 Å². The van der Waals surface area contributed by atoms with Crippen LogP contribution in [0.3, 0.4) is 0 Å². The van der Waals surface area contributed by atoms with Crippen LogP contribution >= 0.6 is 0 Å². The van der Waals surface area contributed by atoms with Gasteiger partial charge in [-0.15, -0.1) is 0 Å². The number of nitrogens with zero attached hydrogens (tertiary/aromatic N) is 2. The van der Waals surface area contributed by atoms with Crippen molar-refractivity contribution in [2.75, 3.05) is 0 Å². The molecule has 1 heterocycles. The second-order valence-electron chi connectivity index (χ2n) is 6.56. The summed E-state index contributed by atoms with van der Waals surface area (Å²) >= 11 is 0. The molecule has 0 aliphatic rings. The smallest absolute Gasteiger partial charge is 0.258 e. The van der Waals surface area contributed by atoms with Crippen LogP contribution in [0.1, 0.15) is 0 Å². The molecule has 7 nitrogen and oxygen atoms in total. The minimum absolute atomic E-state index is 0.0512. The second kappa shape index (κ2) is 7.92. The van der Waals surface area contributed by atoms with E-state index in [1.165, 1.54) is 24.3 Å². The number of nitro benzene ring substituents is 2. The molecular weight excluding hydrogens is 384 g/mol. The monoisotopic (exact) mass is 399 g/mol. The van der Waals surface area contributed by atoms with Gasteiger partial charge < -0.3 is 0 Å². The molecule has 0 amide bonds. The zero-order chi connectivity index (χ0) is 21.1. The van der Waals surface area contributed by atoms with Crippen LogP contribution in [0, 0.1) is 20.2 Å². The first-order valence-electron chi connectivity index (χ1n) is 9.04. The lowest BCUT2D eigenvalue weighted by atomic mass is 10.0. The van der Waals surface area contributed by atoms with Crippen LogP contribution in [0.25, 0.3) is 33.8 Å². The third-order valence-corrected chi connectivity index (χ3v) is 4.58. The zero-order valence-corrected chi connectivity index (χ0v) is 15.6. The average Bonchev–Trinajstić information content (AvgIpc) is 2.79. The van der Waals surface area contributed by atoms with Crippen molar-refractivity contribution in [1.82, 2.24) is 0 Å². The Morgan fingerprint density at radius 3 is 1.47 bits per heavy atom. The summed E-state index contributed by atoms with van der Waals surface area (Å²) in [5.74, 6) is 0.836. The fraction of sp³-hybridized carbons (Fsp3) is 0. The molecule has 7 heteroatoms. The van der Waals surface area contributed by atoms with Gasteiger partial charge in [-0.25, -0.2) is 4.42 Å². The standard InChI is InChI=1S/C23H15N2O5/c26-24(27)20-10-4-8-17(12-20)22-14-19(16-6-2-1-3-7-16)15-23(30-22)18-9-5-11-21(13-18)25(28)29/h1-15H/q+1. The van der Waals surface area contributed by atoms with E-state index in [0.29, 0.717) is 22.6 Å². The molecule has 30 heavy (non-hydrogen) atoms. The summed E-state index contributed by atoms with van der Waals surface area (Å²) in [6, 6.07) is 25.5. The lowest BCUT2D eigenvalue weighted by molar-refractivity contribution is -0.385. The van der Waals surface area contributed by atoms with Crippen LogP contribution in [-0.4, -0.2) is 9.85 Å². The maximum Gasteiger partial charge on any atom is 0.361 e. The van der Waals surface area contributed by atoms with Gasteiger partial charge in [-0.2, -0.15) is 0 Å². The molecule has 0 saturated carbocycles. The molecule has 3 aromatic carbocycles. The highest BCUT2D eigenvalue weighted by atomic mass is 16.6. The predicted molar refractivity (Wildman–Crippen MR) is 113 cm³/mol. The van der Waals surface area contributed by atoms with Crippen LogP contribution in [-0.2, 0) is 0 Å². The number of rotatable bonds is 5. The van der Waals surface area contributed by atoms with Crippen LogP contribution in [0.5, 0.6) is 0 Å². The first-order valence-corrected chi connectivity index (χ1v) is 9.04. The summed E-state index contributed by atoms with van der Waals surface area (Å²) in [5, 5.41) is 22.3. The van der Waals surface area contributed by atoms with E-state index in [9.17, 15) is 20.2 Å². The van der Waals surface area contributed by atoms with Crippen molar-refractivity contribution in [1.29, 1.82) is 0 Å². The largest absolute Gasteiger partial charge is 0.361 e. The molecule has 4 aromatic rings. The Labute approximate surface area is 171 Å². The molecule has 1 aromatic heterocycles. The molecule has 0 atom stereocenters. The molecule has 0 spiro atoms. The Bertz CT molecular complexity index is 1180. The van der Waals surface area contributed by atoms with Gasteiger partial charge in [0.2, 0.25) is 0 Å². The molecule has 0 N–H and O–H groups in total. The number of hydrogen-bond donors (Lipinski definition) is 0. The first kappa shape index (κ1) is 18.9. The SMILES string of the molecule is O=[N+]([O-])c1cccc(-c2cc(-c3ccccc3)cc(-c3cccc([N+](=O)[O-])c3)[o+]2)c1. The maximum absolute atomic E-state index is 11.2. The lowest BCUT2D eigenvalue weighted by Gasteiger charge is -2.02. The normalized spacial score (nSPS) is 10.5. The molecule has 146 valence electrons. The molecule has 0 radical (unpaired) electrons. The topological polar surface area (TPSA) is 97.6 Å². The summed E-state index contributed by atoms with van der Waals surface area (Å²) < 4.78 is 6.04. The van der Waals surface area contributed by atoms with E-state index in [0.717, 1.165) is 11.1 Å². The fourth-order valence-corrected chi connectivity index (χ4v) is 3.13. The Kier molecular flexibility index (Phi) is 5.00. The highest BCUT2D eigenvalue weighted by Gasteiger charge is 2.23. The second-order valence-corrected chi connectivity index (χ2v) is 6.56. The minimum atomic E-state index is -0.466. The summed E-state index contributed by atoms with van der Waals surface area (Å²) in [6.45, 7) is 0. The van der Waals surface area contributed by atoms with Crippen molar-refractivity contribution in [3.8, 4) is 33.8 Å². The van der Waals surface area contributed by atoms with Gasteiger partial charge in [0.25, 0.3) is 11.4 Å². The van der Waals surface area contributed by atoms with Crippen LogP contribution in [0.15, 0.2) is 95.4 Å². The lowest BCUT2D eigenvalue weighted by Crippen LogP contribution is -1.91. The molecular formula is C23H15N2O5+. The zero-order valence-electron chi connectivity index (χ0n) is 15.6. The Morgan fingerprint density at radius 1 is 0.533 bits per heavy atom.